The second-order valence-corrected chi connectivity index (χ2v) is 16.0. The number of ketones is 1. The second-order valence-electron chi connectivity index (χ2n) is 14.9. The fraction of sp³-hybridized carbons (Fsp3) is 0.788. The lowest BCUT2D eigenvalue weighted by atomic mass is 9.48. The van der Waals surface area contributed by atoms with Crippen molar-refractivity contribution in [1.82, 2.24) is 0 Å². The molecular formula is C33H50O13S2. The summed E-state index contributed by atoms with van der Waals surface area (Å²) in [5.74, 6) is 0.422. The zero-order valence-corrected chi connectivity index (χ0v) is 30.0. The summed E-state index contributed by atoms with van der Waals surface area (Å²) in [6.45, 7) is 12.1. The van der Waals surface area contributed by atoms with E-state index in [0.717, 1.165) is 30.4 Å². The molecule has 1 saturated heterocycles. The van der Waals surface area contributed by atoms with Gasteiger partial charge in [-0.05, 0) is 107 Å². The molecule has 0 radical (unpaired) electrons. The number of rotatable bonds is 11. The molecule has 0 amide bonds. The van der Waals surface area contributed by atoms with E-state index < -0.39 is 65.6 Å². The Morgan fingerprint density at radius 1 is 1.00 bits per heavy atom. The van der Waals surface area contributed by atoms with Crippen LogP contribution in [0.5, 0.6) is 0 Å². The molecule has 4 fully saturated rings. The van der Waals surface area contributed by atoms with Crippen LogP contribution in [0.25, 0.3) is 0 Å². The molecule has 5 rings (SSSR count). The Morgan fingerprint density at radius 3 is 2.35 bits per heavy atom. The van der Waals surface area contributed by atoms with Gasteiger partial charge in [-0.25, -0.2) is 9.78 Å². The van der Waals surface area contributed by atoms with Gasteiger partial charge in [-0.3, -0.25) is 13.9 Å². The van der Waals surface area contributed by atoms with Gasteiger partial charge >= 0.3 is 22.7 Å². The number of aliphatic hydroxyl groups excluding tert-OH is 2. The van der Waals surface area contributed by atoms with Gasteiger partial charge in [-0.1, -0.05) is 42.2 Å². The van der Waals surface area contributed by atoms with Crippen molar-refractivity contribution in [1.29, 1.82) is 0 Å². The minimum Gasteiger partial charge on any atom is -0.387 e. The molecule has 0 aromatic carbocycles. The number of carbonyl (C=O) groups is 1. The molecule has 0 aromatic rings. The van der Waals surface area contributed by atoms with Gasteiger partial charge in [0.2, 0.25) is 0 Å². The molecule has 1 heterocycles. The van der Waals surface area contributed by atoms with Gasteiger partial charge in [0.25, 0.3) is 0 Å². The van der Waals surface area contributed by atoms with Gasteiger partial charge in [0.1, 0.15) is 18.3 Å². The van der Waals surface area contributed by atoms with Crippen molar-refractivity contribution in [2.45, 2.75) is 136 Å². The summed E-state index contributed by atoms with van der Waals surface area (Å²) < 4.78 is 61.8. The summed E-state index contributed by atoms with van der Waals surface area (Å²) in [6.07, 6.45) is 2.27. The molecule has 0 spiro atoms. The van der Waals surface area contributed by atoms with Crippen molar-refractivity contribution in [3.05, 3.63) is 34.4 Å². The van der Waals surface area contributed by atoms with Crippen molar-refractivity contribution in [2.24, 2.45) is 28.6 Å². The van der Waals surface area contributed by atoms with E-state index in [0.29, 0.717) is 38.0 Å². The highest BCUT2D eigenvalue weighted by Crippen LogP contribution is 2.66. The highest BCUT2D eigenvalue weighted by Gasteiger charge is 2.60. The fourth-order valence-electron chi connectivity index (χ4n) is 9.60. The quantitative estimate of drug-likeness (QED) is 0.0766. The van der Waals surface area contributed by atoms with Crippen LogP contribution in [0.3, 0.4) is 0 Å². The predicted octanol–water partition coefficient (Wildman–Crippen LogP) is 4.56. The Labute approximate surface area is 287 Å². The maximum absolute atomic E-state index is 12.7. The zero-order valence-electron chi connectivity index (χ0n) is 28.4. The first-order chi connectivity index (χ1) is 22.5. The number of aliphatic hydroxyl groups is 2. The Hall–Kier alpha value is -1.21. The lowest BCUT2D eigenvalue weighted by molar-refractivity contribution is -0.364. The summed E-state index contributed by atoms with van der Waals surface area (Å²) >= 11 is -5.33. The monoisotopic (exact) mass is 718 g/mol. The molecule has 13 nitrogen and oxygen atoms in total. The summed E-state index contributed by atoms with van der Waals surface area (Å²) in [6, 6.07) is 0. The van der Waals surface area contributed by atoms with Gasteiger partial charge in [-0.15, -0.1) is 8.67 Å². The minimum absolute atomic E-state index is 0.111. The minimum atomic E-state index is -2.75. The van der Waals surface area contributed by atoms with Crippen molar-refractivity contribution in [3.63, 3.8) is 0 Å². The van der Waals surface area contributed by atoms with Crippen LogP contribution in [0.15, 0.2) is 34.4 Å². The second kappa shape index (κ2) is 15.2. The molecule has 48 heavy (non-hydrogen) atoms. The van der Waals surface area contributed by atoms with E-state index in [9.17, 15) is 23.4 Å². The van der Waals surface area contributed by atoms with Crippen LogP contribution < -0.4 is 0 Å². The van der Waals surface area contributed by atoms with E-state index in [1.54, 1.807) is 13.0 Å². The SMILES string of the molecule is CC(C)=CC(=O)C/C(C)=C1\CCC2C3CC(OC4OC(C)C(OOS(=O)O)C(O)C4O)[C@H]4CC(OOS(=O)O)CCC4(C)C3=CCC12C. The highest BCUT2D eigenvalue weighted by molar-refractivity contribution is 7.74. The van der Waals surface area contributed by atoms with Crippen LogP contribution in [0, 0.1) is 28.6 Å². The lowest BCUT2D eigenvalue weighted by Gasteiger charge is -2.59. The standard InChI is InChI=1S/C33H50O13S2/c1-17(2)13-20(34)14-18(3)23-7-8-24-22-16-27(42-31-29(36)28(35)30(19(4)41-31)44-46-48(39)40)26-15-21(43-45-47(37)38)9-11-33(26,6)25(22)10-12-32(23,24)5/h10,13,19,21-22,24,26-31,35-36H,7-9,11-12,14-16H2,1-6H3,(H,37,38)(H,39,40)/b23-18+/t19?,21?,22?,24?,26-,27?,28?,29?,30?,31?,32?,33?/m1/s1. The smallest absolute Gasteiger partial charge is 0.331 e. The lowest BCUT2D eigenvalue weighted by Crippen LogP contribution is -2.61. The van der Waals surface area contributed by atoms with Crippen LogP contribution >= 0.6 is 0 Å². The maximum Gasteiger partial charge on any atom is 0.331 e. The van der Waals surface area contributed by atoms with Gasteiger partial charge in [0, 0.05) is 6.42 Å². The molecule has 0 bridgehead atoms. The van der Waals surface area contributed by atoms with E-state index in [4.69, 9.17) is 28.4 Å². The van der Waals surface area contributed by atoms with E-state index in [2.05, 4.69) is 35.5 Å². The maximum atomic E-state index is 12.7. The summed E-state index contributed by atoms with van der Waals surface area (Å²) in [5.41, 5.74) is 4.41. The average Bonchev–Trinajstić information content (AvgIpc) is 3.35. The van der Waals surface area contributed by atoms with Gasteiger partial charge < -0.3 is 19.7 Å². The molecule has 0 aromatic heterocycles. The van der Waals surface area contributed by atoms with Crippen molar-refractivity contribution in [3.8, 4) is 0 Å². The number of hydrogen-bond acceptors (Lipinski definition) is 11. The molecular weight excluding hydrogens is 668 g/mol. The topological polar surface area (TPSA) is 188 Å². The summed E-state index contributed by atoms with van der Waals surface area (Å²) in [4.78, 5) is 23.0. The molecule has 1 aliphatic heterocycles. The number of hydrogen-bond donors (Lipinski definition) is 4. The van der Waals surface area contributed by atoms with Crippen LogP contribution in [-0.4, -0.2) is 76.4 Å². The first-order valence-corrected chi connectivity index (χ1v) is 18.7. The summed E-state index contributed by atoms with van der Waals surface area (Å²) in [5, 5.41) is 22.0. The number of ether oxygens (including phenoxy) is 2. The number of fused-ring (bicyclic) bond motifs is 5. The molecule has 4 aliphatic carbocycles. The van der Waals surface area contributed by atoms with Crippen LogP contribution in [-0.2, 0) is 55.4 Å². The number of allylic oxidation sites excluding steroid dienone is 6. The van der Waals surface area contributed by atoms with Crippen molar-refractivity contribution >= 4 is 28.5 Å². The fourth-order valence-corrected chi connectivity index (χ4v) is 9.93. The molecule has 272 valence electrons. The molecule has 4 N–H and O–H groups in total. The molecule has 14 atom stereocenters. The summed E-state index contributed by atoms with van der Waals surface area (Å²) in [7, 11) is 0. The molecule has 5 aliphatic rings. The van der Waals surface area contributed by atoms with E-state index >= 15 is 0 Å². The first kappa shape index (κ1) is 38.0. The van der Waals surface area contributed by atoms with Crippen LogP contribution in [0.4, 0.5) is 0 Å². The Bertz CT molecular complexity index is 1360. The zero-order chi connectivity index (χ0) is 35.1. The van der Waals surface area contributed by atoms with Crippen molar-refractivity contribution < 1.29 is 60.4 Å². The third-order valence-electron chi connectivity index (χ3n) is 11.7. The normalized spacial score (nSPS) is 43.2. The number of carbonyl (C=O) groups excluding carboxylic acids is 1. The highest BCUT2D eigenvalue weighted by atomic mass is 32.2. The Morgan fingerprint density at radius 2 is 1.69 bits per heavy atom. The van der Waals surface area contributed by atoms with E-state index in [1.165, 1.54) is 11.1 Å². The largest absolute Gasteiger partial charge is 0.387 e. The molecule has 3 saturated carbocycles. The average molecular weight is 719 g/mol. The Kier molecular flexibility index (Phi) is 12.0. The third kappa shape index (κ3) is 7.67. The first-order valence-electron chi connectivity index (χ1n) is 16.7. The molecule has 15 heteroatoms. The predicted molar refractivity (Wildman–Crippen MR) is 174 cm³/mol. The Balaban J connectivity index is 1.44. The van der Waals surface area contributed by atoms with E-state index in [1.807, 2.05) is 13.8 Å². The van der Waals surface area contributed by atoms with Crippen LogP contribution in [0.2, 0.25) is 0 Å². The van der Waals surface area contributed by atoms with Crippen LogP contribution in [0.1, 0.15) is 92.9 Å². The molecule has 13 unspecified atom stereocenters. The van der Waals surface area contributed by atoms with E-state index in [-0.39, 0.29) is 28.4 Å². The third-order valence-corrected chi connectivity index (χ3v) is 12.1. The van der Waals surface area contributed by atoms with Gasteiger partial charge in [0.15, 0.2) is 12.1 Å². The van der Waals surface area contributed by atoms with Gasteiger partial charge in [0.05, 0.1) is 18.3 Å². The van der Waals surface area contributed by atoms with Gasteiger partial charge in [-0.2, -0.15) is 8.42 Å². The van der Waals surface area contributed by atoms with Crippen molar-refractivity contribution in [2.75, 3.05) is 0 Å².